The molecule has 1 amide bonds. The molecule has 1 unspecified atom stereocenters. The van der Waals surface area contributed by atoms with Crippen LogP contribution in [-0.2, 0) is 4.79 Å². The second-order valence-corrected chi connectivity index (χ2v) is 5.21. The molecule has 4 nitrogen and oxygen atoms in total. The molecule has 0 spiro atoms. The molecule has 0 radical (unpaired) electrons. The van der Waals surface area contributed by atoms with Crippen molar-refractivity contribution in [2.45, 2.75) is 25.8 Å². The molecule has 0 aliphatic rings. The molecule has 23 heavy (non-hydrogen) atoms. The molecular formula is C19H23NO3. The molecule has 2 aromatic carbocycles. The molecule has 0 heterocycles. The van der Waals surface area contributed by atoms with Crippen molar-refractivity contribution in [2.75, 3.05) is 13.7 Å². The minimum atomic E-state index is -0.0106. The van der Waals surface area contributed by atoms with Gasteiger partial charge < -0.3 is 14.8 Å². The van der Waals surface area contributed by atoms with Gasteiger partial charge in [-0.2, -0.15) is 0 Å². The lowest BCUT2D eigenvalue weighted by Gasteiger charge is -2.18. The van der Waals surface area contributed by atoms with E-state index >= 15 is 0 Å². The highest BCUT2D eigenvalue weighted by molar-refractivity contribution is 5.76. The minimum Gasteiger partial charge on any atom is -0.497 e. The fraction of sp³-hybridized carbons (Fsp3) is 0.316. The molecule has 0 bridgehead atoms. The zero-order chi connectivity index (χ0) is 16.5. The zero-order valence-corrected chi connectivity index (χ0v) is 13.6. The predicted octanol–water partition coefficient (Wildman–Crippen LogP) is 3.73. The number of para-hydroxylation sites is 1. The number of methoxy groups -OCH3 is 1. The maximum atomic E-state index is 12.1. The molecule has 0 aromatic heterocycles. The van der Waals surface area contributed by atoms with Crippen molar-refractivity contribution in [1.82, 2.24) is 5.32 Å². The summed E-state index contributed by atoms with van der Waals surface area (Å²) >= 11 is 0. The molecule has 122 valence electrons. The van der Waals surface area contributed by atoms with E-state index in [-0.39, 0.29) is 11.9 Å². The van der Waals surface area contributed by atoms with Gasteiger partial charge in [0.25, 0.3) is 0 Å². The first-order chi connectivity index (χ1) is 11.2. The number of carbonyl (C=O) groups is 1. The fourth-order valence-corrected chi connectivity index (χ4v) is 2.30. The Morgan fingerprint density at radius 1 is 1.04 bits per heavy atom. The minimum absolute atomic E-state index is 0.00475. The molecule has 1 atom stereocenters. The maximum Gasteiger partial charge on any atom is 0.223 e. The summed E-state index contributed by atoms with van der Waals surface area (Å²) in [6.45, 7) is 2.42. The predicted molar refractivity (Wildman–Crippen MR) is 90.7 cm³/mol. The van der Waals surface area contributed by atoms with E-state index in [1.54, 1.807) is 7.11 Å². The number of carbonyl (C=O) groups excluding carboxylic acids is 1. The standard InChI is InChI=1S/C19H23NO3/c1-3-18(15-9-11-16(22-2)12-10-15)20-19(21)13-14-23-17-7-5-4-6-8-17/h4-12,18H,3,13-14H2,1-2H3,(H,20,21). The van der Waals surface area contributed by atoms with Crippen molar-refractivity contribution in [1.29, 1.82) is 0 Å². The molecule has 0 aliphatic carbocycles. The summed E-state index contributed by atoms with van der Waals surface area (Å²) in [5.74, 6) is 1.58. The van der Waals surface area contributed by atoms with Gasteiger partial charge in [0.15, 0.2) is 0 Å². The summed E-state index contributed by atoms with van der Waals surface area (Å²) in [5.41, 5.74) is 1.07. The van der Waals surface area contributed by atoms with Gasteiger partial charge in [-0.05, 0) is 36.2 Å². The van der Waals surface area contributed by atoms with E-state index in [9.17, 15) is 4.79 Å². The van der Waals surface area contributed by atoms with E-state index in [4.69, 9.17) is 9.47 Å². The van der Waals surface area contributed by atoms with Crippen LogP contribution >= 0.6 is 0 Å². The van der Waals surface area contributed by atoms with Crippen LogP contribution in [0.1, 0.15) is 31.4 Å². The van der Waals surface area contributed by atoms with E-state index in [2.05, 4.69) is 12.2 Å². The summed E-state index contributed by atoms with van der Waals surface area (Å²) < 4.78 is 10.7. The molecular weight excluding hydrogens is 290 g/mol. The summed E-state index contributed by atoms with van der Waals surface area (Å²) in [6, 6.07) is 17.3. The third-order valence-corrected chi connectivity index (χ3v) is 3.60. The number of hydrogen-bond acceptors (Lipinski definition) is 3. The molecule has 0 saturated carbocycles. The highest BCUT2D eigenvalue weighted by Crippen LogP contribution is 2.20. The van der Waals surface area contributed by atoms with Gasteiger partial charge in [-0.25, -0.2) is 0 Å². The van der Waals surface area contributed by atoms with Crippen molar-refractivity contribution in [3.63, 3.8) is 0 Å². The van der Waals surface area contributed by atoms with Crippen molar-refractivity contribution >= 4 is 5.91 Å². The molecule has 2 rings (SSSR count). The Kier molecular flexibility index (Phi) is 6.48. The van der Waals surface area contributed by atoms with E-state index in [1.807, 2.05) is 54.6 Å². The van der Waals surface area contributed by atoms with Gasteiger partial charge in [-0.15, -0.1) is 0 Å². The summed E-state index contributed by atoms with van der Waals surface area (Å²) in [6.07, 6.45) is 1.17. The average molecular weight is 313 g/mol. The Hall–Kier alpha value is -2.49. The van der Waals surface area contributed by atoms with Crippen molar-refractivity contribution in [3.05, 3.63) is 60.2 Å². The number of amides is 1. The SMILES string of the molecule is CCC(NC(=O)CCOc1ccccc1)c1ccc(OC)cc1. The molecule has 1 N–H and O–H groups in total. The first-order valence-electron chi connectivity index (χ1n) is 7.84. The molecule has 4 heteroatoms. The lowest BCUT2D eigenvalue weighted by molar-refractivity contribution is -0.122. The van der Waals surface area contributed by atoms with Crippen LogP contribution in [0.3, 0.4) is 0 Å². The average Bonchev–Trinajstić information content (AvgIpc) is 2.61. The second kappa shape index (κ2) is 8.83. The number of rotatable bonds is 8. The quantitative estimate of drug-likeness (QED) is 0.808. The van der Waals surface area contributed by atoms with E-state index < -0.39 is 0 Å². The van der Waals surface area contributed by atoms with Crippen LogP contribution in [0.5, 0.6) is 11.5 Å². The maximum absolute atomic E-state index is 12.1. The first kappa shape index (κ1) is 16.9. The number of benzene rings is 2. The monoisotopic (exact) mass is 313 g/mol. The van der Waals surface area contributed by atoms with Crippen molar-refractivity contribution in [2.24, 2.45) is 0 Å². The van der Waals surface area contributed by atoms with Gasteiger partial charge in [0.05, 0.1) is 26.2 Å². The number of hydrogen-bond donors (Lipinski definition) is 1. The van der Waals surface area contributed by atoms with Gasteiger partial charge in [0, 0.05) is 0 Å². The Bertz CT molecular complexity index is 596. The van der Waals surface area contributed by atoms with Crippen molar-refractivity contribution in [3.8, 4) is 11.5 Å². The second-order valence-electron chi connectivity index (χ2n) is 5.21. The molecule has 0 aliphatic heterocycles. The third-order valence-electron chi connectivity index (χ3n) is 3.60. The fourth-order valence-electron chi connectivity index (χ4n) is 2.30. The summed E-state index contributed by atoms with van der Waals surface area (Å²) in [5, 5.41) is 3.05. The molecule has 2 aromatic rings. The number of ether oxygens (including phenoxy) is 2. The van der Waals surface area contributed by atoms with E-state index in [0.717, 1.165) is 23.5 Å². The third kappa shape index (κ3) is 5.33. The van der Waals surface area contributed by atoms with Crippen LogP contribution in [-0.4, -0.2) is 19.6 Å². The molecule has 0 fully saturated rings. The Labute approximate surface area is 137 Å². The first-order valence-corrected chi connectivity index (χ1v) is 7.84. The van der Waals surface area contributed by atoms with Crippen LogP contribution in [0.2, 0.25) is 0 Å². The summed E-state index contributed by atoms with van der Waals surface area (Å²) in [4.78, 5) is 12.1. The highest BCUT2D eigenvalue weighted by Gasteiger charge is 2.12. The van der Waals surface area contributed by atoms with Gasteiger partial charge in [0.1, 0.15) is 11.5 Å². The Balaban J connectivity index is 1.82. The number of nitrogens with one attached hydrogen (secondary N) is 1. The van der Waals surface area contributed by atoms with Gasteiger partial charge >= 0.3 is 0 Å². The van der Waals surface area contributed by atoms with E-state index in [1.165, 1.54) is 0 Å². The molecule has 0 saturated heterocycles. The Morgan fingerprint density at radius 2 is 1.74 bits per heavy atom. The van der Waals surface area contributed by atoms with Gasteiger partial charge in [0.2, 0.25) is 5.91 Å². The van der Waals surface area contributed by atoms with E-state index in [0.29, 0.717) is 13.0 Å². The highest BCUT2D eigenvalue weighted by atomic mass is 16.5. The largest absolute Gasteiger partial charge is 0.497 e. The van der Waals surface area contributed by atoms with Crippen LogP contribution in [0.4, 0.5) is 0 Å². The van der Waals surface area contributed by atoms with Crippen LogP contribution < -0.4 is 14.8 Å². The smallest absolute Gasteiger partial charge is 0.223 e. The summed E-state index contributed by atoms with van der Waals surface area (Å²) in [7, 11) is 1.64. The lowest BCUT2D eigenvalue weighted by atomic mass is 10.0. The van der Waals surface area contributed by atoms with Crippen LogP contribution in [0, 0.1) is 0 Å². The van der Waals surface area contributed by atoms with Crippen molar-refractivity contribution < 1.29 is 14.3 Å². The van der Waals surface area contributed by atoms with Crippen LogP contribution in [0.15, 0.2) is 54.6 Å². The lowest BCUT2D eigenvalue weighted by Crippen LogP contribution is -2.29. The topological polar surface area (TPSA) is 47.6 Å². The zero-order valence-electron chi connectivity index (χ0n) is 13.6. The Morgan fingerprint density at radius 3 is 2.35 bits per heavy atom. The van der Waals surface area contributed by atoms with Gasteiger partial charge in [-0.1, -0.05) is 37.3 Å². The van der Waals surface area contributed by atoms with Crippen LogP contribution in [0.25, 0.3) is 0 Å². The van der Waals surface area contributed by atoms with Gasteiger partial charge in [-0.3, -0.25) is 4.79 Å². The normalized spacial score (nSPS) is 11.6.